The van der Waals surface area contributed by atoms with E-state index < -0.39 is 0 Å². The van der Waals surface area contributed by atoms with Gasteiger partial charge in [0, 0.05) is 34.4 Å². The predicted molar refractivity (Wildman–Crippen MR) is 106 cm³/mol. The second-order valence-corrected chi connectivity index (χ2v) is 7.13. The number of carbonyl (C=O) groups excluding carboxylic acids is 3. The maximum Gasteiger partial charge on any atom is 0.224 e. The lowest BCUT2D eigenvalue weighted by Crippen LogP contribution is -2.22. The third-order valence-corrected chi connectivity index (χ3v) is 5.23. The van der Waals surface area contributed by atoms with Crippen LogP contribution in [0.5, 0.6) is 0 Å². The molecule has 140 valence electrons. The summed E-state index contributed by atoms with van der Waals surface area (Å²) in [6.07, 6.45) is 4.75. The molecule has 27 heavy (non-hydrogen) atoms. The first-order valence-electron chi connectivity index (χ1n) is 9.67. The van der Waals surface area contributed by atoms with Crippen molar-refractivity contribution in [1.29, 1.82) is 0 Å². The molecule has 0 saturated heterocycles. The van der Waals surface area contributed by atoms with Gasteiger partial charge in [0.1, 0.15) is 0 Å². The SMILES string of the molecule is CCCCC(CC)CC(=O)Nc1ccc2c(c1)C(=O)c1ccccc1C2=O. The van der Waals surface area contributed by atoms with Gasteiger partial charge in [0.2, 0.25) is 5.91 Å². The normalized spacial score (nSPS) is 13.7. The van der Waals surface area contributed by atoms with Crippen LogP contribution in [0.25, 0.3) is 0 Å². The summed E-state index contributed by atoms with van der Waals surface area (Å²) < 4.78 is 0. The highest BCUT2D eigenvalue weighted by atomic mass is 16.2. The number of rotatable bonds is 7. The molecule has 1 aliphatic carbocycles. The van der Waals surface area contributed by atoms with Gasteiger partial charge in [-0.05, 0) is 30.5 Å². The number of anilines is 1. The first-order chi connectivity index (χ1) is 13.0. The highest BCUT2D eigenvalue weighted by Crippen LogP contribution is 2.29. The van der Waals surface area contributed by atoms with Crippen molar-refractivity contribution in [2.75, 3.05) is 5.32 Å². The molecule has 0 aromatic heterocycles. The number of carbonyl (C=O) groups is 3. The zero-order chi connectivity index (χ0) is 19.4. The van der Waals surface area contributed by atoms with Gasteiger partial charge in [0.05, 0.1) is 0 Å². The fraction of sp³-hybridized carbons (Fsp3) is 0.348. The van der Waals surface area contributed by atoms with Crippen molar-refractivity contribution in [1.82, 2.24) is 0 Å². The highest BCUT2D eigenvalue weighted by Gasteiger charge is 2.29. The molecule has 1 atom stereocenters. The monoisotopic (exact) mass is 363 g/mol. The number of benzene rings is 2. The molecule has 1 unspecified atom stereocenters. The van der Waals surface area contributed by atoms with Crippen LogP contribution in [0.4, 0.5) is 5.69 Å². The van der Waals surface area contributed by atoms with E-state index in [2.05, 4.69) is 19.2 Å². The van der Waals surface area contributed by atoms with Crippen molar-refractivity contribution in [2.24, 2.45) is 5.92 Å². The largest absolute Gasteiger partial charge is 0.326 e. The van der Waals surface area contributed by atoms with E-state index in [4.69, 9.17) is 0 Å². The Morgan fingerprint density at radius 3 is 2.19 bits per heavy atom. The number of hydrogen-bond donors (Lipinski definition) is 1. The van der Waals surface area contributed by atoms with Gasteiger partial charge in [-0.1, -0.05) is 57.4 Å². The van der Waals surface area contributed by atoms with Gasteiger partial charge in [-0.25, -0.2) is 0 Å². The third-order valence-electron chi connectivity index (χ3n) is 5.23. The van der Waals surface area contributed by atoms with Crippen molar-refractivity contribution < 1.29 is 14.4 Å². The summed E-state index contributed by atoms with van der Waals surface area (Å²) >= 11 is 0. The topological polar surface area (TPSA) is 63.2 Å². The van der Waals surface area contributed by atoms with Crippen LogP contribution in [-0.4, -0.2) is 17.5 Å². The Morgan fingerprint density at radius 2 is 1.56 bits per heavy atom. The Morgan fingerprint density at radius 1 is 0.926 bits per heavy atom. The molecule has 2 aromatic rings. The minimum absolute atomic E-state index is 0.0483. The average molecular weight is 363 g/mol. The van der Waals surface area contributed by atoms with Gasteiger partial charge >= 0.3 is 0 Å². The summed E-state index contributed by atoms with van der Waals surface area (Å²) in [5.41, 5.74) is 2.17. The first kappa shape index (κ1) is 19.0. The van der Waals surface area contributed by atoms with E-state index in [0.29, 0.717) is 40.3 Å². The molecule has 0 spiro atoms. The van der Waals surface area contributed by atoms with Crippen LogP contribution in [0.1, 0.15) is 77.8 Å². The Bertz CT molecular complexity index is 885. The number of nitrogens with one attached hydrogen (secondary N) is 1. The van der Waals surface area contributed by atoms with E-state index in [1.807, 2.05) is 0 Å². The molecule has 0 saturated carbocycles. The average Bonchev–Trinajstić information content (AvgIpc) is 2.69. The Hall–Kier alpha value is -2.75. The molecule has 0 aliphatic heterocycles. The fourth-order valence-corrected chi connectivity index (χ4v) is 3.59. The van der Waals surface area contributed by atoms with Gasteiger partial charge in [-0.3, -0.25) is 14.4 Å². The lowest BCUT2D eigenvalue weighted by atomic mass is 9.84. The second kappa shape index (κ2) is 8.30. The van der Waals surface area contributed by atoms with E-state index in [9.17, 15) is 14.4 Å². The molecule has 0 radical (unpaired) electrons. The summed E-state index contributed by atoms with van der Waals surface area (Å²) in [6.45, 7) is 4.25. The van der Waals surface area contributed by atoms with Gasteiger partial charge in [-0.15, -0.1) is 0 Å². The molecule has 0 fully saturated rings. The van der Waals surface area contributed by atoms with Crippen LogP contribution in [-0.2, 0) is 4.79 Å². The Balaban J connectivity index is 1.77. The van der Waals surface area contributed by atoms with Gasteiger partial charge in [0.25, 0.3) is 0 Å². The van der Waals surface area contributed by atoms with Crippen molar-refractivity contribution in [2.45, 2.75) is 46.0 Å². The van der Waals surface area contributed by atoms with E-state index in [0.717, 1.165) is 25.7 Å². The zero-order valence-corrected chi connectivity index (χ0v) is 15.9. The maximum absolute atomic E-state index is 12.8. The number of hydrogen-bond acceptors (Lipinski definition) is 3. The molecule has 1 N–H and O–H groups in total. The number of fused-ring (bicyclic) bond motifs is 2. The lowest BCUT2D eigenvalue weighted by Gasteiger charge is -2.19. The Kier molecular flexibility index (Phi) is 5.84. The minimum atomic E-state index is -0.175. The number of ketones is 2. The van der Waals surface area contributed by atoms with Crippen molar-refractivity contribution in [3.05, 3.63) is 64.7 Å². The molecule has 0 heterocycles. The molecule has 3 rings (SSSR count). The van der Waals surface area contributed by atoms with Crippen LogP contribution in [0.15, 0.2) is 42.5 Å². The number of unbranched alkanes of at least 4 members (excludes halogenated alkanes) is 1. The molecule has 1 amide bonds. The fourth-order valence-electron chi connectivity index (χ4n) is 3.59. The molecule has 4 heteroatoms. The molecule has 0 bridgehead atoms. The van der Waals surface area contributed by atoms with Gasteiger partial charge in [-0.2, -0.15) is 0 Å². The third kappa shape index (κ3) is 4.00. The molecule has 1 aliphatic rings. The van der Waals surface area contributed by atoms with E-state index in [-0.39, 0.29) is 17.5 Å². The van der Waals surface area contributed by atoms with E-state index in [1.165, 1.54) is 0 Å². The zero-order valence-electron chi connectivity index (χ0n) is 15.9. The van der Waals surface area contributed by atoms with Crippen molar-refractivity contribution in [3.8, 4) is 0 Å². The van der Waals surface area contributed by atoms with Crippen molar-refractivity contribution >= 4 is 23.2 Å². The standard InChI is InChI=1S/C23H25NO3/c1-3-5-8-15(4-2)13-21(25)24-16-11-12-19-20(14-16)23(27)18-10-7-6-9-17(18)22(19)26/h6-7,9-12,14-15H,3-5,8,13H2,1-2H3,(H,24,25). The molecule has 2 aromatic carbocycles. The van der Waals surface area contributed by atoms with Crippen LogP contribution in [0, 0.1) is 5.92 Å². The quantitative estimate of drug-likeness (QED) is 0.642. The van der Waals surface area contributed by atoms with Crippen LogP contribution in [0.2, 0.25) is 0 Å². The van der Waals surface area contributed by atoms with Crippen LogP contribution >= 0.6 is 0 Å². The van der Waals surface area contributed by atoms with Gasteiger partial charge < -0.3 is 5.32 Å². The van der Waals surface area contributed by atoms with E-state index in [1.54, 1.807) is 42.5 Å². The molecular weight excluding hydrogens is 338 g/mol. The molecule has 4 nitrogen and oxygen atoms in total. The van der Waals surface area contributed by atoms with Crippen LogP contribution < -0.4 is 5.32 Å². The maximum atomic E-state index is 12.8. The lowest BCUT2D eigenvalue weighted by molar-refractivity contribution is -0.117. The van der Waals surface area contributed by atoms with Gasteiger partial charge in [0.15, 0.2) is 11.6 Å². The number of amides is 1. The summed E-state index contributed by atoms with van der Waals surface area (Å²) in [4.78, 5) is 37.8. The summed E-state index contributed by atoms with van der Waals surface area (Å²) in [5.74, 6) is -0.0000734. The Labute approximate surface area is 160 Å². The predicted octanol–water partition coefficient (Wildman–Crippen LogP) is 5.01. The summed E-state index contributed by atoms with van der Waals surface area (Å²) in [7, 11) is 0. The smallest absolute Gasteiger partial charge is 0.224 e. The van der Waals surface area contributed by atoms with Crippen LogP contribution in [0.3, 0.4) is 0 Å². The van der Waals surface area contributed by atoms with Crippen molar-refractivity contribution in [3.63, 3.8) is 0 Å². The van der Waals surface area contributed by atoms with E-state index >= 15 is 0 Å². The minimum Gasteiger partial charge on any atom is -0.326 e. The summed E-state index contributed by atoms with van der Waals surface area (Å²) in [5, 5.41) is 2.89. The highest BCUT2D eigenvalue weighted by molar-refractivity contribution is 6.28. The summed E-state index contributed by atoms with van der Waals surface area (Å²) in [6, 6.07) is 11.8. The molecular formula is C23H25NO3. The second-order valence-electron chi connectivity index (χ2n) is 7.13. The first-order valence-corrected chi connectivity index (χ1v) is 9.67.